The second-order valence-electron chi connectivity index (χ2n) is 2.73. The summed E-state index contributed by atoms with van der Waals surface area (Å²) in [5.74, 6) is 0. The zero-order valence-electron chi connectivity index (χ0n) is 7.19. The number of allylic oxidation sites excluding steroid dienone is 1. The van der Waals surface area contributed by atoms with Crippen LogP contribution in [0.5, 0.6) is 0 Å². The van der Waals surface area contributed by atoms with Gasteiger partial charge in [0.05, 0.1) is 0 Å². The molecule has 0 atom stereocenters. The molecule has 1 nitrogen and oxygen atoms in total. The summed E-state index contributed by atoms with van der Waals surface area (Å²) in [5.41, 5.74) is 6.83. The van der Waals surface area contributed by atoms with Gasteiger partial charge in [0.15, 0.2) is 0 Å². The van der Waals surface area contributed by atoms with Gasteiger partial charge in [0, 0.05) is 0 Å². The molecule has 0 radical (unpaired) electrons. The van der Waals surface area contributed by atoms with Crippen LogP contribution in [0.1, 0.15) is 39.5 Å². The maximum Gasteiger partial charge on any atom is -0.00401 e. The molecule has 0 unspecified atom stereocenters. The van der Waals surface area contributed by atoms with Crippen molar-refractivity contribution in [2.75, 3.05) is 6.54 Å². The van der Waals surface area contributed by atoms with Gasteiger partial charge in [-0.15, -0.1) is 0 Å². The Kier molecular flexibility index (Phi) is 6.61. The average molecular weight is 141 g/mol. The smallest absolute Gasteiger partial charge is 0.00401 e. The first kappa shape index (κ1) is 9.70. The summed E-state index contributed by atoms with van der Waals surface area (Å²) in [5, 5.41) is 0. The first-order valence-corrected chi connectivity index (χ1v) is 4.17. The fourth-order valence-corrected chi connectivity index (χ4v) is 0.882. The molecule has 0 heterocycles. The summed E-state index contributed by atoms with van der Waals surface area (Å²) >= 11 is 0. The molecule has 0 aliphatic carbocycles. The minimum absolute atomic E-state index is 0.786. The van der Waals surface area contributed by atoms with Crippen molar-refractivity contribution in [3.63, 3.8) is 0 Å². The van der Waals surface area contributed by atoms with E-state index in [4.69, 9.17) is 5.73 Å². The monoisotopic (exact) mass is 141 g/mol. The number of hydrogen-bond donors (Lipinski definition) is 1. The van der Waals surface area contributed by atoms with Crippen molar-refractivity contribution in [2.24, 2.45) is 5.73 Å². The van der Waals surface area contributed by atoms with Gasteiger partial charge < -0.3 is 5.73 Å². The van der Waals surface area contributed by atoms with Gasteiger partial charge in [0.25, 0.3) is 0 Å². The summed E-state index contributed by atoms with van der Waals surface area (Å²) in [6.07, 6.45) is 7.18. The van der Waals surface area contributed by atoms with Crippen LogP contribution in [0.4, 0.5) is 0 Å². The van der Waals surface area contributed by atoms with Crippen molar-refractivity contribution in [3.8, 4) is 0 Å². The minimum Gasteiger partial charge on any atom is -0.330 e. The minimum atomic E-state index is 0.786. The van der Waals surface area contributed by atoms with E-state index in [2.05, 4.69) is 19.9 Å². The molecule has 0 spiro atoms. The normalized spacial score (nSPS) is 12.1. The summed E-state index contributed by atoms with van der Waals surface area (Å²) in [4.78, 5) is 0. The van der Waals surface area contributed by atoms with Gasteiger partial charge in [0.1, 0.15) is 0 Å². The highest BCUT2D eigenvalue weighted by Crippen LogP contribution is 2.02. The van der Waals surface area contributed by atoms with Crippen molar-refractivity contribution >= 4 is 0 Å². The number of unbranched alkanes of at least 4 members (excludes halogenated alkanes) is 2. The van der Waals surface area contributed by atoms with Gasteiger partial charge in [-0.05, 0) is 26.3 Å². The zero-order chi connectivity index (χ0) is 7.82. The van der Waals surface area contributed by atoms with Gasteiger partial charge >= 0.3 is 0 Å². The summed E-state index contributed by atoms with van der Waals surface area (Å²) < 4.78 is 0. The second-order valence-corrected chi connectivity index (χ2v) is 2.73. The van der Waals surface area contributed by atoms with Crippen molar-refractivity contribution in [2.45, 2.75) is 39.5 Å². The Balaban J connectivity index is 3.28. The highest BCUT2D eigenvalue weighted by Gasteiger charge is 1.85. The Hall–Kier alpha value is -0.300. The third-order valence-electron chi connectivity index (χ3n) is 1.59. The molecule has 0 saturated carbocycles. The lowest BCUT2D eigenvalue weighted by Gasteiger charge is -1.96. The Labute approximate surface area is 64.3 Å². The quantitative estimate of drug-likeness (QED) is 0.462. The molecular formula is C9H19N. The van der Waals surface area contributed by atoms with E-state index in [1.165, 1.54) is 24.8 Å². The van der Waals surface area contributed by atoms with Gasteiger partial charge in [-0.25, -0.2) is 0 Å². The molecule has 2 N–H and O–H groups in total. The van der Waals surface area contributed by atoms with Crippen LogP contribution in [-0.4, -0.2) is 6.54 Å². The Morgan fingerprint density at radius 2 is 2.20 bits per heavy atom. The molecule has 0 aliphatic rings. The maximum atomic E-state index is 5.39. The first-order chi connectivity index (χ1) is 4.81. The lowest BCUT2D eigenvalue weighted by molar-refractivity contribution is 0.804. The Morgan fingerprint density at radius 1 is 1.50 bits per heavy atom. The molecule has 1 heteroatoms. The maximum absolute atomic E-state index is 5.39. The van der Waals surface area contributed by atoms with Crippen molar-refractivity contribution < 1.29 is 0 Å². The van der Waals surface area contributed by atoms with Crippen LogP contribution in [0.2, 0.25) is 0 Å². The lowest BCUT2D eigenvalue weighted by Crippen LogP contribution is -1.98. The molecule has 0 saturated heterocycles. The standard InChI is InChI=1S/C9H19N/c1-3-4-5-6-9(2)7-8-10/h6H,3-5,7-8,10H2,1-2H3/b9-6+. The van der Waals surface area contributed by atoms with Crippen LogP contribution in [0.15, 0.2) is 11.6 Å². The Morgan fingerprint density at radius 3 is 2.70 bits per heavy atom. The predicted molar refractivity (Wildman–Crippen MR) is 47.0 cm³/mol. The molecule has 0 rings (SSSR count). The number of rotatable bonds is 5. The highest BCUT2D eigenvalue weighted by molar-refractivity contribution is 4.97. The highest BCUT2D eigenvalue weighted by atomic mass is 14.5. The van der Waals surface area contributed by atoms with Crippen LogP contribution < -0.4 is 5.73 Å². The molecule has 0 fully saturated rings. The molecule has 0 aromatic carbocycles. The lowest BCUT2D eigenvalue weighted by atomic mass is 10.1. The first-order valence-electron chi connectivity index (χ1n) is 4.17. The second kappa shape index (κ2) is 6.81. The van der Waals surface area contributed by atoms with Crippen LogP contribution in [0.3, 0.4) is 0 Å². The largest absolute Gasteiger partial charge is 0.330 e. The predicted octanol–water partition coefficient (Wildman–Crippen LogP) is 2.47. The molecule has 0 amide bonds. The van der Waals surface area contributed by atoms with Crippen LogP contribution in [0.25, 0.3) is 0 Å². The number of hydrogen-bond acceptors (Lipinski definition) is 1. The van der Waals surface area contributed by atoms with E-state index >= 15 is 0 Å². The van der Waals surface area contributed by atoms with E-state index in [0.29, 0.717) is 0 Å². The molecule has 10 heavy (non-hydrogen) atoms. The zero-order valence-corrected chi connectivity index (χ0v) is 7.19. The molecule has 0 aromatic rings. The van der Waals surface area contributed by atoms with E-state index in [0.717, 1.165) is 13.0 Å². The van der Waals surface area contributed by atoms with Crippen molar-refractivity contribution in [1.82, 2.24) is 0 Å². The van der Waals surface area contributed by atoms with Gasteiger partial charge in [0.2, 0.25) is 0 Å². The van der Waals surface area contributed by atoms with E-state index < -0.39 is 0 Å². The topological polar surface area (TPSA) is 26.0 Å². The third kappa shape index (κ3) is 5.83. The third-order valence-corrected chi connectivity index (χ3v) is 1.59. The molecule has 0 bridgehead atoms. The average Bonchev–Trinajstić information content (AvgIpc) is 1.89. The molecule has 0 aromatic heterocycles. The van der Waals surface area contributed by atoms with Crippen LogP contribution in [0, 0.1) is 0 Å². The number of nitrogens with two attached hydrogens (primary N) is 1. The van der Waals surface area contributed by atoms with Gasteiger partial charge in [-0.1, -0.05) is 31.4 Å². The van der Waals surface area contributed by atoms with E-state index in [1.807, 2.05) is 0 Å². The SMILES string of the molecule is CCCC/C=C(\C)CCN. The van der Waals surface area contributed by atoms with E-state index in [1.54, 1.807) is 0 Å². The summed E-state index contributed by atoms with van der Waals surface area (Å²) in [6.45, 7) is 5.16. The fourth-order valence-electron chi connectivity index (χ4n) is 0.882. The van der Waals surface area contributed by atoms with Crippen LogP contribution >= 0.6 is 0 Å². The van der Waals surface area contributed by atoms with Crippen molar-refractivity contribution in [3.05, 3.63) is 11.6 Å². The van der Waals surface area contributed by atoms with Gasteiger partial charge in [-0.2, -0.15) is 0 Å². The summed E-state index contributed by atoms with van der Waals surface area (Å²) in [7, 11) is 0. The van der Waals surface area contributed by atoms with Gasteiger partial charge in [-0.3, -0.25) is 0 Å². The van der Waals surface area contributed by atoms with E-state index in [9.17, 15) is 0 Å². The fraction of sp³-hybridized carbons (Fsp3) is 0.778. The Bertz CT molecular complexity index is 94.9. The molecular weight excluding hydrogens is 122 g/mol. The summed E-state index contributed by atoms with van der Waals surface area (Å²) in [6, 6.07) is 0. The van der Waals surface area contributed by atoms with E-state index in [-0.39, 0.29) is 0 Å². The molecule has 0 aliphatic heterocycles. The molecule has 60 valence electrons. The van der Waals surface area contributed by atoms with Crippen LogP contribution in [-0.2, 0) is 0 Å². The van der Waals surface area contributed by atoms with Crippen molar-refractivity contribution in [1.29, 1.82) is 0 Å².